The minimum absolute atomic E-state index is 0.00589. The summed E-state index contributed by atoms with van der Waals surface area (Å²) in [6.45, 7) is 5.60. The molecule has 4 N–H and O–H groups in total. The van der Waals surface area contributed by atoms with Gasteiger partial charge >= 0.3 is 6.09 Å². The number of nitrogens with one attached hydrogen (secondary N) is 4. The highest BCUT2D eigenvalue weighted by molar-refractivity contribution is 7.91. The fourth-order valence-electron chi connectivity index (χ4n) is 7.13. The summed E-state index contributed by atoms with van der Waals surface area (Å²) in [5.74, 6) is -1.20. The number of hydrogen-bond donors (Lipinski definition) is 4. The maximum absolute atomic E-state index is 14.5. The fraction of sp³-hybridized carbons (Fsp3) is 0.526. The third kappa shape index (κ3) is 8.60. The van der Waals surface area contributed by atoms with E-state index in [1.165, 1.54) is 4.90 Å². The van der Waals surface area contributed by atoms with Gasteiger partial charge in [0.25, 0.3) is 5.91 Å². The van der Waals surface area contributed by atoms with Crippen LogP contribution < -0.4 is 30.1 Å². The Kier molecular flexibility index (Phi) is 10.7. The Labute approximate surface area is 324 Å². The molecule has 1 saturated heterocycles. The first kappa shape index (κ1) is 39.0. The van der Waals surface area contributed by atoms with Gasteiger partial charge in [-0.1, -0.05) is 12.2 Å². The third-order valence-electron chi connectivity index (χ3n) is 10.3. The number of aromatic nitrogens is 3. The molecule has 2 aliphatic carbocycles. The maximum Gasteiger partial charge on any atom is 0.408 e. The molecule has 2 aliphatic heterocycles. The molecular weight excluding hydrogens is 745 g/mol. The number of benzene rings is 1. The Morgan fingerprint density at radius 2 is 1.93 bits per heavy atom. The van der Waals surface area contributed by atoms with Crippen molar-refractivity contribution in [3.63, 3.8) is 0 Å². The summed E-state index contributed by atoms with van der Waals surface area (Å²) in [6, 6.07) is 6.70. The zero-order chi connectivity index (χ0) is 39.8. The van der Waals surface area contributed by atoms with Crippen LogP contribution >= 0.6 is 0 Å². The summed E-state index contributed by atoms with van der Waals surface area (Å²) in [6.07, 6.45) is 7.91. The average molecular weight is 793 g/mol. The third-order valence-corrected chi connectivity index (χ3v) is 12.1. The van der Waals surface area contributed by atoms with E-state index in [4.69, 9.17) is 19.2 Å². The van der Waals surface area contributed by atoms with Crippen LogP contribution in [0.1, 0.15) is 59.3 Å². The van der Waals surface area contributed by atoms with Crippen LogP contribution in [0.2, 0.25) is 0 Å². The number of sulfonamides is 1. The second-order valence-corrected chi connectivity index (χ2v) is 17.7. The topological polar surface area (TPSA) is 212 Å². The van der Waals surface area contributed by atoms with Crippen LogP contribution in [0.5, 0.6) is 11.6 Å². The molecule has 1 unspecified atom stereocenters. The van der Waals surface area contributed by atoms with Gasteiger partial charge in [-0.3, -0.25) is 19.1 Å². The van der Waals surface area contributed by atoms with Crippen molar-refractivity contribution in [3.8, 4) is 17.4 Å². The molecule has 18 heteroatoms. The van der Waals surface area contributed by atoms with Gasteiger partial charge in [-0.05, 0) is 95.1 Å². The van der Waals surface area contributed by atoms with E-state index in [1.54, 1.807) is 63.2 Å². The van der Waals surface area contributed by atoms with Gasteiger partial charge in [0, 0.05) is 36.7 Å². The van der Waals surface area contributed by atoms with Crippen LogP contribution in [0.3, 0.4) is 0 Å². The van der Waals surface area contributed by atoms with Crippen LogP contribution in [0, 0.1) is 5.92 Å². The van der Waals surface area contributed by atoms with Gasteiger partial charge in [0.1, 0.15) is 35.1 Å². The number of pyridine rings is 1. The van der Waals surface area contributed by atoms with E-state index in [9.17, 15) is 27.6 Å². The minimum Gasteiger partial charge on any atom is -0.497 e. The molecule has 0 radical (unpaired) electrons. The van der Waals surface area contributed by atoms with Crippen LogP contribution in [-0.4, -0.2) is 113 Å². The summed E-state index contributed by atoms with van der Waals surface area (Å²) in [5, 5.41) is 13.9. The molecule has 7 rings (SSSR count). The molecular formula is C38H48N8O9S. The molecule has 300 valence electrons. The van der Waals surface area contributed by atoms with Crippen molar-refractivity contribution in [1.82, 2.24) is 40.3 Å². The molecule has 0 bridgehead atoms. The largest absolute Gasteiger partial charge is 0.497 e. The van der Waals surface area contributed by atoms with Gasteiger partial charge in [0.2, 0.25) is 27.7 Å². The quantitative estimate of drug-likeness (QED) is 0.242. The smallest absolute Gasteiger partial charge is 0.408 e. The first-order valence-electron chi connectivity index (χ1n) is 18.9. The van der Waals surface area contributed by atoms with Crippen molar-refractivity contribution in [2.24, 2.45) is 5.92 Å². The van der Waals surface area contributed by atoms with Gasteiger partial charge in [-0.25, -0.2) is 17.9 Å². The summed E-state index contributed by atoms with van der Waals surface area (Å²) in [4.78, 5) is 61.9. The lowest BCUT2D eigenvalue weighted by Gasteiger charge is -2.30. The molecule has 3 fully saturated rings. The number of methoxy groups -OCH3 is 1. The Balaban J connectivity index is 1.22. The molecule has 1 aromatic carbocycles. The number of rotatable bonds is 8. The first-order valence-corrected chi connectivity index (χ1v) is 20.4. The first-order chi connectivity index (χ1) is 26.7. The number of hydrogen-bond acceptors (Lipinski definition) is 12. The molecule has 4 amide bonds. The van der Waals surface area contributed by atoms with Gasteiger partial charge in [0.15, 0.2) is 5.82 Å². The van der Waals surface area contributed by atoms with E-state index in [0.717, 1.165) is 5.39 Å². The standard InChI is InChI=1S/C38H48N8O9S/c1-37(2,3)55-36(50)41-29-21-39-14-7-5-6-9-24-20-38(24,35(49)44-56(51,52)27-11-12-27)43-32(47)30-19-26(22-45(30)34(29)48)54-33-28-13-10-25(53-4)17-23(28)18-31(42-33)46-16-8-15-40-46/h6,8-10,13,15-18,24,26-27,29-30,39H,5,7,11-12,14,19-22H2,1-4H3,(H,41,50)(H,43,47)(H,44,49)/t24-,26?,29+,30+,38-/m1/s1. The van der Waals surface area contributed by atoms with Gasteiger partial charge in [-0.2, -0.15) is 10.1 Å². The zero-order valence-corrected chi connectivity index (χ0v) is 32.6. The van der Waals surface area contributed by atoms with Crippen molar-refractivity contribution in [2.45, 2.75) is 93.9 Å². The van der Waals surface area contributed by atoms with E-state index in [1.807, 2.05) is 24.3 Å². The molecule has 2 saturated carbocycles. The molecule has 4 aliphatic rings. The number of carbonyl (C=O) groups excluding carboxylic acids is 4. The number of alkyl carbamates (subject to hydrolysis) is 1. The van der Waals surface area contributed by atoms with E-state index in [-0.39, 0.29) is 31.8 Å². The van der Waals surface area contributed by atoms with Gasteiger partial charge in [0.05, 0.1) is 18.9 Å². The van der Waals surface area contributed by atoms with Crippen LogP contribution in [0.15, 0.2) is 54.9 Å². The predicted molar refractivity (Wildman–Crippen MR) is 203 cm³/mol. The molecule has 17 nitrogen and oxygen atoms in total. The SMILES string of the molecule is COc1ccc2c(OC3C[C@H]4C(=O)N[C@]5(C(=O)NS(=O)(=O)C6CC6)C[C@H]5C=CCCCNC[C@H](NC(=O)OC(C)(C)C)C(=O)N4C3)nc(-n3cccn3)cc2c1. The molecule has 3 aromatic rings. The van der Waals surface area contributed by atoms with Crippen molar-refractivity contribution < 1.29 is 41.8 Å². The molecule has 56 heavy (non-hydrogen) atoms. The second kappa shape index (κ2) is 15.4. The van der Waals surface area contributed by atoms with Gasteiger partial charge in [-0.15, -0.1) is 0 Å². The number of ether oxygens (including phenoxy) is 3. The number of carbonyl (C=O) groups is 4. The lowest BCUT2D eigenvalue weighted by Crippen LogP contribution is -2.59. The maximum atomic E-state index is 14.5. The molecule has 2 aromatic heterocycles. The number of nitrogens with zero attached hydrogens (tertiary/aromatic N) is 4. The Morgan fingerprint density at radius 1 is 1.12 bits per heavy atom. The number of fused-ring (bicyclic) bond motifs is 3. The Bertz CT molecular complexity index is 2130. The summed E-state index contributed by atoms with van der Waals surface area (Å²) < 4.78 is 47.0. The summed E-state index contributed by atoms with van der Waals surface area (Å²) in [5.41, 5.74) is -2.38. The van der Waals surface area contributed by atoms with Crippen LogP contribution in [-0.2, 0) is 29.1 Å². The Hall–Kier alpha value is -5.23. The normalized spacial score (nSPS) is 25.9. The molecule has 4 heterocycles. The molecule has 5 atom stereocenters. The average Bonchev–Trinajstić information content (AvgIpc) is 4.00. The van der Waals surface area contributed by atoms with E-state index >= 15 is 0 Å². The molecule has 0 spiro atoms. The highest BCUT2D eigenvalue weighted by Gasteiger charge is 2.62. The predicted octanol–water partition coefficient (Wildman–Crippen LogP) is 2.09. The van der Waals surface area contributed by atoms with Crippen LogP contribution in [0.4, 0.5) is 4.79 Å². The summed E-state index contributed by atoms with van der Waals surface area (Å²) in [7, 11) is -2.35. The van der Waals surface area contributed by atoms with E-state index < -0.39 is 74.3 Å². The highest BCUT2D eigenvalue weighted by atomic mass is 32.2. The van der Waals surface area contributed by atoms with E-state index in [2.05, 4.69) is 25.8 Å². The van der Waals surface area contributed by atoms with Crippen molar-refractivity contribution in [1.29, 1.82) is 0 Å². The number of allylic oxidation sites excluding steroid dienone is 1. The van der Waals surface area contributed by atoms with Crippen molar-refractivity contribution >= 4 is 44.6 Å². The minimum atomic E-state index is -3.92. The van der Waals surface area contributed by atoms with Crippen molar-refractivity contribution in [3.05, 3.63) is 54.9 Å². The van der Waals surface area contributed by atoms with Gasteiger partial charge < -0.3 is 35.1 Å². The monoisotopic (exact) mass is 792 g/mol. The zero-order valence-electron chi connectivity index (χ0n) is 31.8. The van der Waals surface area contributed by atoms with E-state index in [0.29, 0.717) is 49.2 Å². The lowest BCUT2D eigenvalue weighted by molar-refractivity contribution is -0.141. The van der Waals surface area contributed by atoms with Crippen molar-refractivity contribution in [2.75, 3.05) is 26.7 Å². The lowest BCUT2D eigenvalue weighted by atomic mass is 10.1. The number of amides is 4. The second-order valence-electron chi connectivity index (χ2n) is 15.7. The van der Waals surface area contributed by atoms with Crippen LogP contribution in [0.25, 0.3) is 16.6 Å². The highest BCUT2D eigenvalue weighted by Crippen LogP contribution is 2.46. The summed E-state index contributed by atoms with van der Waals surface area (Å²) >= 11 is 0. The Morgan fingerprint density at radius 3 is 2.64 bits per heavy atom. The fourth-order valence-corrected chi connectivity index (χ4v) is 8.49.